The van der Waals surface area contributed by atoms with Crippen LogP contribution in [0.1, 0.15) is 44.3 Å². The Balaban J connectivity index is 1.99. The lowest BCUT2D eigenvalue weighted by Crippen LogP contribution is -2.48. The summed E-state index contributed by atoms with van der Waals surface area (Å²) in [6.07, 6.45) is 3.42. The van der Waals surface area contributed by atoms with Crippen molar-refractivity contribution in [1.29, 1.82) is 0 Å². The van der Waals surface area contributed by atoms with E-state index >= 15 is 0 Å². The zero-order chi connectivity index (χ0) is 13.7. The van der Waals surface area contributed by atoms with Crippen molar-refractivity contribution < 1.29 is 10.2 Å². The molecule has 1 aliphatic rings. The van der Waals surface area contributed by atoms with Crippen LogP contribution in [0.4, 0.5) is 0 Å². The van der Waals surface area contributed by atoms with Gasteiger partial charge in [0.25, 0.3) is 0 Å². The Labute approximate surface area is 115 Å². The van der Waals surface area contributed by atoms with Crippen LogP contribution in [0.2, 0.25) is 0 Å². The summed E-state index contributed by atoms with van der Waals surface area (Å²) in [4.78, 5) is 2.26. The fraction of sp³-hybridized carbons (Fsp3) is 0.625. The van der Waals surface area contributed by atoms with Crippen molar-refractivity contribution in [3.8, 4) is 0 Å². The van der Waals surface area contributed by atoms with Crippen LogP contribution < -0.4 is 0 Å². The highest BCUT2D eigenvalue weighted by Crippen LogP contribution is 2.24. The Morgan fingerprint density at radius 3 is 2.63 bits per heavy atom. The van der Waals surface area contributed by atoms with Gasteiger partial charge in [-0.05, 0) is 31.4 Å². The van der Waals surface area contributed by atoms with Gasteiger partial charge >= 0.3 is 0 Å². The molecule has 0 aromatic heterocycles. The van der Waals surface area contributed by atoms with E-state index in [4.69, 9.17) is 0 Å². The van der Waals surface area contributed by atoms with Gasteiger partial charge in [0.05, 0.1) is 12.2 Å². The molecule has 3 heteroatoms. The van der Waals surface area contributed by atoms with Crippen molar-refractivity contribution in [3.05, 3.63) is 35.9 Å². The maximum atomic E-state index is 10.3. The lowest BCUT2D eigenvalue weighted by atomic mass is 9.95. The van der Waals surface area contributed by atoms with Gasteiger partial charge in [0.15, 0.2) is 0 Å². The molecule has 1 fully saturated rings. The Morgan fingerprint density at radius 1 is 1.21 bits per heavy atom. The van der Waals surface area contributed by atoms with E-state index in [-0.39, 0.29) is 12.1 Å². The molecule has 3 unspecified atom stereocenters. The summed E-state index contributed by atoms with van der Waals surface area (Å²) < 4.78 is 0. The molecule has 1 saturated heterocycles. The first-order chi connectivity index (χ1) is 9.22. The first-order valence-electron chi connectivity index (χ1n) is 7.37. The molecule has 3 nitrogen and oxygen atoms in total. The van der Waals surface area contributed by atoms with Gasteiger partial charge in [-0.3, -0.25) is 4.90 Å². The van der Waals surface area contributed by atoms with E-state index in [2.05, 4.69) is 4.90 Å². The van der Waals surface area contributed by atoms with E-state index in [0.29, 0.717) is 6.54 Å². The second-order valence-corrected chi connectivity index (χ2v) is 5.46. The number of rotatable bonds is 5. The highest BCUT2D eigenvalue weighted by atomic mass is 16.3. The van der Waals surface area contributed by atoms with Gasteiger partial charge in [-0.25, -0.2) is 0 Å². The molecule has 1 aromatic carbocycles. The van der Waals surface area contributed by atoms with Crippen LogP contribution in [0.25, 0.3) is 0 Å². The molecular weight excluding hydrogens is 238 g/mol. The van der Waals surface area contributed by atoms with Crippen LogP contribution in [-0.2, 0) is 0 Å². The molecule has 2 rings (SSSR count). The summed E-state index contributed by atoms with van der Waals surface area (Å²) in [7, 11) is 0. The van der Waals surface area contributed by atoms with Gasteiger partial charge in [0, 0.05) is 12.6 Å². The van der Waals surface area contributed by atoms with Crippen molar-refractivity contribution in [1.82, 2.24) is 4.90 Å². The summed E-state index contributed by atoms with van der Waals surface area (Å²) in [5.74, 6) is 0. The minimum Gasteiger partial charge on any atom is -0.392 e. The van der Waals surface area contributed by atoms with Gasteiger partial charge in [-0.15, -0.1) is 0 Å². The van der Waals surface area contributed by atoms with Crippen LogP contribution in [0.3, 0.4) is 0 Å². The highest BCUT2D eigenvalue weighted by molar-refractivity contribution is 5.17. The fourth-order valence-electron chi connectivity index (χ4n) is 2.95. The van der Waals surface area contributed by atoms with Crippen molar-refractivity contribution >= 4 is 0 Å². The smallest absolute Gasteiger partial charge is 0.0917 e. The first kappa shape index (κ1) is 14.5. The molecule has 0 amide bonds. The number of nitrogens with zero attached hydrogens (tertiary/aromatic N) is 1. The van der Waals surface area contributed by atoms with E-state index < -0.39 is 6.10 Å². The fourth-order valence-corrected chi connectivity index (χ4v) is 2.95. The first-order valence-corrected chi connectivity index (χ1v) is 7.37. The van der Waals surface area contributed by atoms with E-state index in [9.17, 15) is 10.2 Å². The zero-order valence-electron chi connectivity index (χ0n) is 11.7. The summed E-state index contributed by atoms with van der Waals surface area (Å²) in [6, 6.07) is 9.98. The number of hydrogen-bond donors (Lipinski definition) is 2. The predicted octanol–water partition coefficient (Wildman–Crippen LogP) is 2.35. The predicted molar refractivity (Wildman–Crippen MR) is 76.9 cm³/mol. The number of aliphatic hydroxyl groups is 2. The molecule has 2 N–H and O–H groups in total. The van der Waals surface area contributed by atoms with Crippen molar-refractivity contribution in [2.45, 2.75) is 50.9 Å². The van der Waals surface area contributed by atoms with E-state index in [0.717, 1.165) is 31.4 Å². The molecule has 0 bridgehead atoms. The molecule has 0 aliphatic carbocycles. The molecule has 106 valence electrons. The second-order valence-electron chi connectivity index (χ2n) is 5.46. The monoisotopic (exact) mass is 263 g/mol. The SMILES string of the molecule is CCC(O)C1CCCCN1CC(O)c1ccccc1. The number of likely N-dealkylation sites (tertiary alicyclic amines) is 1. The Kier molecular flexibility index (Phi) is 5.37. The highest BCUT2D eigenvalue weighted by Gasteiger charge is 2.29. The summed E-state index contributed by atoms with van der Waals surface area (Å²) >= 11 is 0. The Bertz CT molecular complexity index is 368. The molecule has 0 spiro atoms. The third kappa shape index (κ3) is 3.78. The molecular formula is C16H25NO2. The molecule has 1 heterocycles. The molecule has 0 saturated carbocycles. The molecule has 1 aromatic rings. The molecule has 1 aliphatic heterocycles. The zero-order valence-corrected chi connectivity index (χ0v) is 11.7. The minimum atomic E-state index is -0.467. The third-order valence-corrected chi connectivity index (χ3v) is 4.12. The van der Waals surface area contributed by atoms with Crippen LogP contribution in [0.5, 0.6) is 0 Å². The summed E-state index contributed by atoms with van der Waals surface area (Å²) in [6.45, 7) is 3.61. The normalized spacial score (nSPS) is 24.1. The number of piperidine rings is 1. The summed E-state index contributed by atoms with van der Waals surface area (Å²) in [5.41, 5.74) is 0.956. The standard InChI is InChI=1S/C16H25NO2/c1-2-15(18)14-10-6-7-11-17(14)12-16(19)13-8-4-3-5-9-13/h3-5,8-9,14-16,18-19H,2,6-7,10-12H2,1H3. The largest absolute Gasteiger partial charge is 0.392 e. The minimum absolute atomic E-state index is 0.206. The molecule has 19 heavy (non-hydrogen) atoms. The number of β-amino-alcohol motifs (C(OH)–C–C–N with tert-alkyl or cyclic N) is 1. The number of benzene rings is 1. The van der Waals surface area contributed by atoms with E-state index in [1.807, 2.05) is 37.3 Å². The number of hydrogen-bond acceptors (Lipinski definition) is 3. The Hall–Kier alpha value is -0.900. The van der Waals surface area contributed by atoms with Crippen LogP contribution in [0, 0.1) is 0 Å². The second kappa shape index (κ2) is 7.04. The quantitative estimate of drug-likeness (QED) is 0.857. The lowest BCUT2D eigenvalue weighted by Gasteiger charge is -2.39. The van der Waals surface area contributed by atoms with Crippen LogP contribution in [0.15, 0.2) is 30.3 Å². The van der Waals surface area contributed by atoms with Gasteiger partial charge in [-0.2, -0.15) is 0 Å². The van der Waals surface area contributed by atoms with Crippen molar-refractivity contribution in [2.75, 3.05) is 13.1 Å². The summed E-state index contributed by atoms with van der Waals surface area (Å²) in [5, 5.41) is 20.4. The van der Waals surface area contributed by atoms with Gasteiger partial charge in [0.2, 0.25) is 0 Å². The van der Waals surface area contributed by atoms with Crippen LogP contribution in [-0.4, -0.2) is 40.3 Å². The van der Waals surface area contributed by atoms with Gasteiger partial charge in [0.1, 0.15) is 0 Å². The maximum absolute atomic E-state index is 10.3. The van der Waals surface area contributed by atoms with Crippen LogP contribution >= 0.6 is 0 Å². The average molecular weight is 263 g/mol. The molecule has 3 atom stereocenters. The van der Waals surface area contributed by atoms with Gasteiger partial charge in [-0.1, -0.05) is 43.7 Å². The van der Waals surface area contributed by atoms with Gasteiger partial charge < -0.3 is 10.2 Å². The lowest BCUT2D eigenvalue weighted by molar-refractivity contribution is -0.00120. The Morgan fingerprint density at radius 2 is 1.95 bits per heavy atom. The van der Waals surface area contributed by atoms with Crippen molar-refractivity contribution in [3.63, 3.8) is 0 Å². The van der Waals surface area contributed by atoms with E-state index in [1.165, 1.54) is 6.42 Å². The molecule has 0 radical (unpaired) electrons. The van der Waals surface area contributed by atoms with Crippen molar-refractivity contribution in [2.24, 2.45) is 0 Å². The van der Waals surface area contributed by atoms with E-state index in [1.54, 1.807) is 0 Å². The third-order valence-electron chi connectivity index (χ3n) is 4.12. The maximum Gasteiger partial charge on any atom is 0.0917 e. The number of aliphatic hydroxyl groups excluding tert-OH is 2. The average Bonchev–Trinajstić information content (AvgIpc) is 2.48. The topological polar surface area (TPSA) is 43.7 Å².